The summed E-state index contributed by atoms with van der Waals surface area (Å²) in [5.74, 6) is 0.297. The van der Waals surface area contributed by atoms with Crippen LogP contribution in [0.2, 0.25) is 5.02 Å². The van der Waals surface area contributed by atoms with E-state index in [9.17, 15) is 13.2 Å². The van der Waals surface area contributed by atoms with Gasteiger partial charge in [-0.1, -0.05) is 30.7 Å². The number of morpholine rings is 1. The van der Waals surface area contributed by atoms with E-state index in [4.69, 9.17) is 21.1 Å². The Morgan fingerprint density at radius 3 is 2.47 bits per heavy atom. The molecule has 162 valence electrons. The van der Waals surface area contributed by atoms with E-state index in [1.165, 1.54) is 22.5 Å². The monoisotopic (exact) mass is 452 g/mol. The molecule has 0 aromatic heterocycles. The highest BCUT2D eigenvalue weighted by molar-refractivity contribution is 7.89. The smallest absolute Gasteiger partial charge is 0.253 e. The fourth-order valence-electron chi connectivity index (χ4n) is 3.27. The van der Waals surface area contributed by atoms with Crippen LogP contribution in [-0.4, -0.2) is 52.0 Å². The van der Waals surface area contributed by atoms with Crippen molar-refractivity contribution < 1.29 is 22.7 Å². The van der Waals surface area contributed by atoms with Gasteiger partial charge in [0.2, 0.25) is 10.0 Å². The van der Waals surface area contributed by atoms with Gasteiger partial charge in [-0.05, 0) is 42.3 Å². The largest absolute Gasteiger partial charge is 0.497 e. The lowest BCUT2D eigenvalue weighted by Gasteiger charge is -2.26. The molecule has 1 saturated heterocycles. The van der Waals surface area contributed by atoms with Crippen LogP contribution in [-0.2, 0) is 14.8 Å². The second kappa shape index (κ2) is 9.78. The molecule has 7 nitrogen and oxygen atoms in total. The second-order valence-electron chi connectivity index (χ2n) is 6.87. The number of rotatable bonds is 7. The molecule has 1 fully saturated rings. The van der Waals surface area contributed by atoms with Gasteiger partial charge in [0.05, 0.1) is 41.8 Å². The maximum absolute atomic E-state index is 12.9. The lowest BCUT2D eigenvalue weighted by atomic mass is 10.0. The minimum absolute atomic E-state index is 0.0384. The van der Waals surface area contributed by atoms with Gasteiger partial charge in [-0.15, -0.1) is 0 Å². The summed E-state index contributed by atoms with van der Waals surface area (Å²) in [6.07, 6.45) is 0.654. The van der Waals surface area contributed by atoms with E-state index in [-0.39, 0.29) is 34.6 Å². The molecule has 1 amide bonds. The van der Waals surface area contributed by atoms with E-state index >= 15 is 0 Å². The van der Waals surface area contributed by atoms with Crippen LogP contribution in [0, 0.1) is 0 Å². The van der Waals surface area contributed by atoms with Crippen molar-refractivity contribution in [3.63, 3.8) is 0 Å². The summed E-state index contributed by atoms with van der Waals surface area (Å²) in [6, 6.07) is 11.4. The molecule has 0 bridgehead atoms. The molecule has 1 aliphatic rings. The minimum Gasteiger partial charge on any atom is -0.497 e. The van der Waals surface area contributed by atoms with Gasteiger partial charge in [-0.25, -0.2) is 8.42 Å². The zero-order valence-corrected chi connectivity index (χ0v) is 18.5. The topological polar surface area (TPSA) is 84.9 Å². The number of hydrogen-bond acceptors (Lipinski definition) is 5. The summed E-state index contributed by atoms with van der Waals surface area (Å²) in [5.41, 5.74) is 1.04. The van der Waals surface area contributed by atoms with Gasteiger partial charge in [0.15, 0.2) is 0 Å². The highest BCUT2D eigenvalue weighted by atomic mass is 35.5. The molecule has 2 aromatic rings. The lowest BCUT2D eigenvalue weighted by molar-refractivity contribution is 0.0730. The fraction of sp³-hybridized carbons (Fsp3) is 0.381. The number of sulfonamides is 1. The molecule has 1 heterocycles. The predicted octanol–water partition coefficient (Wildman–Crippen LogP) is 3.25. The third-order valence-electron chi connectivity index (χ3n) is 5.02. The predicted molar refractivity (Wildman–Crippen MR) is 115 cm³/mol. The normalized spacial score (nSPS) is 16.1. The summed E-state index contributed by atoms with van der Waals surface area (Å²) < 4.78 is 37.6. The van der Waals surface area contributed by atoms with Gasteiger partial charge in [-0.3, -0.25) is 4.79 Å². The Labute approximate surface area is 182 Å². The van der Waals surface area contributed by atoms with Gasteiger partial charge in [0, 0.05) is 13.1 Å². The van der Waals surface area contributed by atoms with E-state index in [1.54, 1.807) is 7.11 Å². The average molecular weight is 453 g/mol. The van der Waals surface area contributed by atoms with Crippen LogP contribution in [0.1, 0.15) is 35.3 Å². The van der Waals surface area contributed by atoms with E-state index < -0.39 is 15.9 Å². The lowest BCUT2D eigenvalue weighted by Crippen LogP contribution is -2.40. The van der Waals surface area contributed by atoms with E-state index in [2.05, 4.69) is 5.32 Å². The molecule has 2 aromatic carbocycles. The third-order valence-corrected chi connectivity index (χ3v) is 7.25. The number of halogens is 1. The van der Waals surface area contributed by atoms with Crippen molar-refractivity contribution in [1.82, 2.24) is 9.62 Å². The first kappa shape index (κ1) is 22.6. The molecule has 0 unspecified atom stereocenters. The molecule has 0 radical (unpaired) electrons. The summed E-state index contributed by atoms with van der Waals surface area (Å²) in [6.45, 7) is 3.21. The average Bonchev–Trinajstić information content (AvgIpc) is 2.78. The van der Waals surface area contributed by atoms with Crippen molar-refractivity contribution in [2.75, 3.05) is 33.4 Å². The van der Waals surface area contributed by atoms with Crippen molar-refractivity contribution in [2.24, 2.45) is 0 Å². The van der Waals surface area contributed by atoms with Crippen LogP contribution in [0.25, 0.3) is 0 Å². The number of carbonyl (C=O) groups is 1. The number of carbonyl (C=O) groups excluding carboxylic acids is 1. The van der Waals surface area contributed by atoms with Crippen molar-refractivity contribution in [3.05, 3.63) is 58.6 Å². The van der Waals surface area contributed by atoms with Crippen LogP contribution in [0.4, 0.5) is 0 Å². The van der Waals surface area contributed by atoms with Gasteiger partial charge >= 0.3 is 0 Å². The zero-order chi connectivity index (χ0) is 21.7. The molecule has 0 saturated carbocycles. The number of nitrogens with zero attached hydrogens (tertiary/aromatic N) is 1. The molecule has 30 heavy (non-hydrogen) atoms. The van der Waals surface area contributed by atoms with Crippen molar-refractivity contribution in [3.8, 4) is 5.75 Å². The molecular formula is C21H25ClN2O5S. The Morgan fingerprint density at radius 1 is 1.20 bits per heavy atom. The Hall–Kier alpha value is -2.13. The van der Waals surface area contributed by atoms with E-state index in [1.807, 2.05) is 31.2 Å². The summed E-state index contributed by atoms with van der Waals surface area (Å²) in [4.78, 5) is 13.0. The van der Waals surface area contributed by atoms with Gasteiger partial charge in [0.25, 0.3) is 5.91 Å². The van der Waals surface area contributed by atoms with Crippen LogP contribution >= 0.6 is 11.6 Å². The Bertz CT molecular complexity index is 989. The maximum atomic E-state index is 12.9. The summed E-state index contributed by atoms with van der Waals surface area (Å²) in [5, 5.41) is 3.14. The quantitative estimate of drug-likeness (QED) is 0.697. The second-order valence-corrected chi connectivity index (χ2v) is 9.21. The third kappa shape index (κ3) is 4.95. The molecule has 1 aliphatic heterocycles. The Balaban J connectivity index is 1.83. The molecule has 3 rings (SSSR count). The number of ether oxygens (including phenoxy) is 2. The maximum Gasteiger partial charge on any atom is 0.253 e. The van der Waals surface area contributed by atoms with Crippen molar-refractivity contribution in [2.45, 2.75) is 24.3 Å². The number of amides is 1. The van der Waals surface area contributed by atoms with Crippen molar-refractivity contribution in [1.29, 1.82) is 0 Å². The Morgan fingerprint density at radius 2 is 1.87 bits per heavy atom. The standard InChI is InChI=1S/C21H25ClN2O5S/c1-3-20(15-4-6-16(28-2)7-5-15)23-21(25)18-14-17(8-9-19(18)22)30(26,27)24-10-12-29-13-11-24/h4-9,14,20H,3,10-13H2,1-2H3,(H,23,25)/t20-/m0/s1. The highest BCUT2D eigenvalue weighted by Gasteiger charge is 2.28. The van der Waals surface area contributed by atoms with Crippen LogP contribution in [0.15, 0.2) is 47.4 Å². The van der Waals surface area contributed by atoms with E-state index in [0.717, 1.165) is 11.3 Å². The van der Waals surface area contributed by atoms with Crippen molar-refractivity contribution >= 4 is 27.5 Å². The molecule has 1 N–H and O–H groups in total. The molecule has 9 heteroatoms. The first-order valence-corrected chi connectivity index (χ1v) is 11.5. The first-order chi connectivity index (χ1) is 14.4. The minimum atomic E-state index is -3.73. The molecule has 0 spiro atoms. The van der Waals surface area contributed by atoms with Crippen LogP contribution in [0.5, 0.6) is 5.75 Å². The van der Waals surface area contributed by atoms with Gasteiger partial charge in [0.1, 0.15) is 5.75 Å². The van der Waals surface area contributed by atoms with Gasteiger partial charge in [-0.2, -0.15) is 4.31 Å². The number of nitrogens with one attached hydrogen (secondary N) is 1. The molecule has 0 aliphatic carbocycles. The molecular weight excluding hydrogens is 428 g/mol. The highest BCUT2D eigenvalue weighted by Crippen LogP contribution is 2.26. The van der Waals surface area contributed by atoms with E-state index in [0.29, 0.717) is 19.6 Å². The number of methoxy groups -OCH3 is 1. The molecule has 1 atom stereocenters. The Kier molecular flexibility index (Phi) is 7.36. The number of benzene rings is 2. The summed E-state index contributed by atoms with van der Waals surface area (Å²) in [7, 11) is -2.14. The zero-order valence-electron chi connectivity index (χ0n) is 16.9. The fourth-order valence-corrected chi connectivity index (χ4v) is 4.91. The van der Waals surface area contributed by atoms with Gasteiger partial charge < -0.3 is 14.8 Å². The SMILES string of the molecule is CC[C@H](NC(=O)c1cc(S(=O)(=O)N2CCOCC2)ccc1Cl)c1ccc(OC)cc1. The van der Waals surface area contributed by atoms with Crippen LogP contribution in [0.3, 0.4) is 0 Å². The van der Waals surface area contributed by atoms with Crippen LogP contribution < -0.4 is 10.1 Å². The first-order valence-electron chi connectivity index (χ1n) is 9.69. The number of hydrogen-bond donors (Lipinski definition) is 1. The summed E-state index contributed by atoms with van der Waals surface area (Å²) >= 11 is 6.23.